The molecule has 2 aromatic rings. The zero-order valence-electron chi connectivity index (χ0n) is 14.6. The summed E-state index contributed by atoms with van der Waals surface area (Å²) in [6.45, 7) is 11.2. The molecule has 0 amide bonds. The number of hydrogen-bond donors (Lipinski definition) is 0. The Balaban J connectivity index is 1.98. The molecule has 1 nitrogen and oxygen atoms in total. The molecule has 3 rings (SSSR count). The Morgan fingerprint density at radius 3 is 1.87 bits per heavy atom. The molecule has 2 heteroatoms. The fraction of sp³-hybridized carbons (Fsp3) is 0.381. The zero-order chi connectivity index (χ0) is 16.6. The van der Waals surface area contributed by atoms with E-state index in [4.69, 9.17) is 4.99 Å². The quantitative estimate of drug-likeness (QED) is 0.665. The van der Waals surface area contributed by atoms with Crippen LogP contribution in [-0.2, 0) is 0 Å². The summed E-state index contributed by atoms with van der Waals surface area (Å²) in [5.74, 6) is 0. The van der Waals surface area contributed by atoms with Gasteiger partial charge in [-0.1, -0.05) is 92.2 Å². The molecule has 0 fully saturated rings. The van der Waals surface area contributed by atoms with Crippen LogP contribution in [0.15, 0.2) is 53.5 Å². The Bertz CT molecular complexity index is 705. The van der Waals surface area contributed by atoms with E-state index in [0.717, 1.165) is 0 Å². The summed E-state index contributed by atoms with van der Waals surface area (Å²) >= 11 is 1.93. The van der Waals surface area contributed by atoms with Crippen molar-refractivity contribution in [1.29, 1.82) is 0 Å². The maximum Gasteiger partial charge on any atom is 0.0988 e. The van der Waals surface area contributed by atoms with E-state index >= 15 is 0 Å². The minimum atomic E-state index is 0.205. The van der Waals surface area contributed by atoms with Crippen LogP contribution in [-0.4, -0.2) is 10.3 Å². The topological polar surface area (TPSA) is 12.4 Å². The Labute approximate surface area is 144 Å². The predicted octanol–water partition coefficient (Wildman–Crippen LogP) is 5.95. The lowest BCUT2D eigenvalue weighted by Gasteiger charge is -2.30. The highest BCUT2D eigenvalue weighted by molar-refractivity contribution is 8.15. The second-order valence-corrected chi connectivity index (χ2v) is 8.69. The van der Waals surface area contributed by atoms with E-state index in [1.54, 1.807) is 0 Å². The average Bonchev–Trinajstić information content (AvgIpc) is 2.94. The zero-order valence-corrected chi connectivity index (χ0v) is 15.4. The third-order valence-corrected chi connectivity index (χ3v) is 6.14. The summed E-state index contributed by atoms with van der Waals surface area (Å²) in [7, 11) is 0. The summed E-state index contributed by atoms with van der Waals surface area (Å²) in [4.78, 5) is 5.12. The van der Waals surface area contributed by atoms with Gasteiger partial charge in [0.1, 0.15) is 0 Å². The molecule has 0 radical (unpaired) electrons. The second-order valence-electron chi connectivity index (χ2n) is 7.56. The first-order chi connectivity index (χ1) is 10.8. The van der Waals surface area contributed by atoms with Crippen molar-refractivity contribution in [3.8, 4) is 0 Å². The van der Waals surface area contributed by atoms with Gasteiger partial charge in [0.25, 0.3) is 0 Å². The van der Waals surface area contributed by atoms with Crippen molar-refractivity contribution in [3.63, 3.8) is 0 Å². The van der Waals surface area contributed by atoms with Gasteiger partial charge in [0.2, 0.25) is 0 Å². The van der Waals surface area contributed by atoms with Gasteiger partial charge in [-0.05, 0) is 24.8 Å². The lowest BCUT2D eigenvalue weighted by atomic mass is 9.85. The van der Waals surface area contributed by atoms with E-state index in [9.17, 15) is 0 Å². The molecule has 2 atom stereocenters. The standard InChI is InChI=1S/C21H25NS/c1-14-6-10-16(11-7-14)18-19(21(3,4)5)23-20(22-18)17-12-8-15(2)9-13-17/h6-13,18-19H,1-5H3. The van der Waals surface area contributed by atoms with E-state index in [0.29, 0.717) is 5.25 Å². The molecular formula is C21H25NS. The van der Waals surface area contributed by atoms with Crippen LogP contribution >= 0.6 is 11.8 Å². The third-order valence-electron chi connectivity index (χ3n) is 4.35. The summed E-state index contributed by atoms with van der Waals surface area (Å²) in [5.41, 5.74) is 5.36. The van der Waals surface area contributed by atoms with E-state index in [1.165, 1.54) is 27.3 Å². The normalized spacial score (nSPS) is 21.3. The highest BCUT2D eigenvalue weighted by atomic mass is 32.2. The van der Waals surface area contributed by atoms with E-state index in [1.807, 2.05) is 11.8 Å². The van der Waals surface area contributed by atoms with Crippen LogP contribution in [0.25, 0.3) is 0 Å². The largest absolute Gasteiger partial charge is 0.269 e. The molecule has 0 N–H and O–H groups in total. The fourth-order valence-electron chi connectivity index (χ4n) is 2.91. The average molecular weight is 324 g/mol. The summed E-state index contributed by atoms with van der Waals surface area (Å²) in [6, 6.07) is 17.8. The molecule has 0 aromatic heterocycles. The van der Waals surface area contributed by atoms with Gasteiger partial charge in [0, 0.05) is 10.8 Å². The van der Waals surface area contributed by atoms with E-state index in [-0.39, 0.29) is 11.5 Å². The maximum atomic E-state index is 5.12. The highest BCUT2D eigenvalue weighted by Crippen LogP contribution is 2.47. The molecule has 2 aromatic carbocycles. The van der Waals surface area contributed by atoms with Crippen LogP contribution in [0.1, 0.15) is 49.1 Å². The van der Waals surface area contributed by atoms with Crippen LogP contribution in [0.3, 0.4) is 0 Å². The molecule has 0 aliphatic carbocycles. The van der Waals surface area contributed by atoms with Gasteiger partial charge < -0.3 is 0 Å². The summed E-state index contributed by atoms with van der Waals surface area (Å²) < 4.78 is 0. The number of nitrogens with zero attached hydrogens (tertiary/aromatic N) is 1. The van der Waals surface area contributed by atoms with Gasteiger partial charge in [-0.2, -0.15) is 0 Å². The Kier molecular flexibility index (Phi) is 4.37. The highest BCUT2D eigenvalue weighted by Gasteiger charge is 2.39. The van der Waals surface area contributed by atoms with Crippen LogP contribution in [0, 0.1) is 19.3 Å². The molecule has 120 valence electrons. The van der Waals surface area contributed by atoms with Crippen molar-refractivity contribution in [2.24, 2.45) is 10.4 Å². The molecule has 0 spiro atoms. The molecular weight excluding hydrogens is 298 g/mol. The smallest absolute Gasteiger partial charge is 0.0988 e. The molecule has 0 saturated heterocycles. The van der Waals surface area contributed by atoms with Gasteiger partial charge in [-0.15, -0.1) is 0 Å². The number of rotatable bonds is 2. The van der Waals surface area contributed by atoms with Crippen LogP contribution in [0.4, 0.5) is 0 Å². The van der Waals surface area contributed by atoms with Crippen molar-refractivity contribution in [3.05, 3.63) is 70.8 Å². The minimum absolute atomic E-state index is 0.205. The van der Waals surface area contributed by atoms with Crippen molar-refractivity contribution in [1.82, 2.24) is 0 Å². The molecule has 0 saturated carbocycles. The van der Waals surface area contributed by atoms with Crippen molar-refractivity contribution >= 4 is 16.8 Å². The summed E-state index contributed by atoms with van der Waals surface area (Å²) in [5, 5.41) is 1.64. The molecule has 1 aliphatic rings. The Morgan fingerprint density at radius 1 is 0.826 bits per heavy atom. The van der Waals surface area contributed by atoms with Crippen molar-refractivity contribution < 1.29 is 0 Å². The monoisotopic (exact) mass is 323 g/mol. The number of benzene rings is 2. The second kappa shape index (κ2) is 6.16. The molecule has 0 bridgehead atoms. The lowest BCUT2D eigenvalue weighted by Crippen LogP contribution is -2.26. The van der Waals surface area contributed by atoms with Gasteiger partial charge >= 0.3 is 0 Å². The Hall–Kier alpha value is -1.54. The van der Waals surface area contributed by atoms with E-state index in [2.05, 4.69) is 83.1 Å². The number of aliphatic imine (C=N–C) groups is 1. The molecule has 1 aliphatic heterocycles. The van der Waals surface area contributed by atoms with Gasteiger partial charge in [-0.3, -0.25) is 4.99 Å². The van der Waals surface area contributed by atoms with Gasteiger partial charge in [-0.25, -0.2) is 0 Å². The Morgan fingerprint density at radius 2 is 1.35 bits per heavy atom. The van der Waals surface area contributed by atoms with Gasteiger partial charge in [0.05, 0.1) is 11.1 Å². The van der Waals surface area contributed by atoms with Crippen LogP contribution < -0.4 is 0 Å². The number of aryl methyl sites for hydroxylation is 2. The number of thioether (sulfide) groups is 1. The van der Waals surface area contributed by atoms with E-state index < -0.39 is 0 Å². The van der Waals surface area contributed by atoms with Gasteiger partial charge in [0.15, 0.2) is 0 Å². The first kappa shape index (κ1) is 16.3. The SMILES string of the molecule is Cc1ccc(C2=NC(c3ccc(C)cc3)C(C(C)(C)C)S2)cc1. The molecule has 2 unspecified atom stereocenters. The van der Waals surface area contributed by atoms with Crippen molar-refractivity contribution in [2.75, 3.05) is 0 Å². The minimum Gasteiger partial charge on any atom is -0.269 e. The predicted molar refractivity (Wildman–Crippen MR) is 102 cm³/mol. The molecule has 23 heavy (non-hydrogen) atoms. The van der Waals surface area contributed by atoms with Crippen LogP contribution in [0.2, 0.25) is 0 Å². The number of hydrogen-bond acceptors (Lipinski definition) is 2. The lowest BCUT2D eigenvalue weighted by molar-refractivity contribution is 0.363. The molecule has 1 heterocycles. The first-order valence-electron chi connectivity index (χ1n) is 8.23. The fourth-order valence-corrected chi connectivity index (χ4v) is 4.30. The van der Waals surface area contributed by atoms with Crippen LogP contribution in [0.5, 0.6) is 0 Å². The van der Waals surface area contributed by atoms with Crippen molar-refractivity contribution in [2.45, 2.75) is 45.9 Å². The first-order valence-corrected chi connectivity index (χ1v) is 9.10. The third kappa shape index (κ3) is 3.53. The maximum absolute atomic E-state index is 5.12. The summed E-state index contributed by atoms with van der Waals surface area (Å²) in [6.07, 6.45) is 0.